The molecule has 0 bridgehead atoms. The van der Waals surface area contributed by atoms with Crippen LogP contribution in [-0.4, -0.2) is 19.0 Å². The normalized spacial score (nSPS) is 10.9. The zero-order chi connectivity index (χ0) is 11.3. The highest BCUT2D eigenvalue weighted by Gasteiger charge is 2.00. The Bertz CT molecular complexity index is 374. The predicted octanol–water partition coefficient (Wildman–Crippen LogP) is 1.41. The lowest BCUT2D eigenvalue weighted by Gasteiger charge is -2.08. The van der Waals surface area contributed by atoms with Crippen molar-refractivity contribution >= 4 is 29.3 Å². The first-order chi connectivity index (χ1) is 7.11. The third kappa shape index (κ3) is 3.86. The summed E-state index contributed by atoms with van der Waals surface area (Å²) in [6.07, 6.45) is 0. The van der Waals surface area contributed by atoms with Crippen molar-refractivity contribution in [2.24, 2.45) is 10.7 Å². The van der Waals surface area contributed by atoms with Gasteiger partial charge in [-0.3, -0.25) is 10.3 Å². The molecule has 0 saturated heterocycles. The van der Waals surface area contributed by atoms with Gasteiger partial charge in [-0.2, -0.15) is 0 Å². The van der Waals surface area contributed by atoms with Gasteiger partial charge in [-0.15, -0.1) is 0 Å². The smallest absolute Gasteiger partial charge is 0.318 e. The van der Waals surface area contributed by atoms with Gasteiger partial charge in [0.15, 0.2) is 0 Å². The maximum atomic E-state index is 10.6. The molecule has 1 rings (SSSR count). The number of carbonyl (C=O) groups excluding carboxylic acids is 1. The van der Waals surface area contributed by atoms with Crippen molar-refractivity contribution in [3.05, 3.63) is 29.3 Å². The summed E-state index contributed by atoms with van der Waals surface area (Å²) in [6, 6.07) is 6.30. The Kier molecular flexibility index (Phi) is 3.93. The van der Waals surface area contributed by atoms with Crippen LogP contribution in [0.3, 0.4) is 0 Å². The van der Waals surface area contributed by atoms with E-state index < -0.39 is 6.03 Å². The van der Waals surface area contributed by atoms with Gasteiger partial charge in [0.1, 0.15) is 0 Å². The third-order valence-electron chi connectivity index (χ3n) is 1.57. The highest BCUT2D eigenvalue weighted by Crippen LogP contribution is 2.12. The second-order valence-corrected chi connectivity index (χ2v) is 3.13. The number of rotatable bonds is 1. The molecule has 15 heavy (non-hydrogen) atoms. The molecule has 1 aromatic carbocycles. The number of carbonyl (C=O) groups is 1. The summed E-state index contributed by atoms with van der Waals surface area (Å²) in [6.45, 7) is 0. The van der Waals surface area contributed by atoms with Crippen LogP contribution in [0.2, 0.25) is 5.02 Å². The molecule has 4 N–H and O–H groups in total. The van der Waals surface area contributed by atoms with Crippen molar-refractivity contribution in [3.8, 4) is 0 Å². The van der Waals surface area contributed by atoms with Crippen molar-refractivity contribution < 1.29 is 4.79 Å². The van der Waals surface area contributed by atoms with Crippen LogP contribution in [0.25, 0.3) is 0 Å². The maximum Gasteiger partial charge on any atom is 0.318 e. The van der Waals surface area contributed by atoms with E-state index >= 15 is 0 Å². The van der Waals surface area contributed by atoms with Gasteiger partial charge >= 0.3 is 6.03 Å². The average molecular weight is 227 g/mol. The van der Waals surface area contributed by atoms with E-state index in [0.717, 1.165) is 5.69 Å². The van der Waals surface area contributed by atoms with Gasteiger partial charge in [0, 0.05) is 17.8 Å². The minimum absolute atomic E-state index is 0.282. The van der Waals surface area contributed by atoms with Gasteiger partial charge in [0.05, 0.1) is 0 Å². The van der Waals surface area contributed by atoms with Crippen LogP contribution >= 0.6 is 11.6 Å². The van der Waals surface area contributed by atoms with E-state index in [1.54, 1.807) is 24.3 Å². The molecule has 80 valence electrons. The van der Waals surface area contributed by atoms with Gasteiger partial charge < -0.3 is 11.1 Å². The second-order valence-electron chi connectivity index (χ2n) is 2.69. The number of guanidine groups is 1. The van der Waals surface area contributed by atoms with Crippen LogP contribution in [0.5, 0.6) is 0 Å². The predicted molar refractivity (Wildman–Crippen MR) is 61.2 cm³/mol. The molecule has 0 unspecified atom stereocenters. The Hall–Kier alpha value is -1.75. The fourth-order valence-corrected chi connectivity index (χ4v) is 1.06. The monoisotopic (exact) mass is 226 g/mol. The molecule has 0 radical (unpaired) electrons. The lowest BCUT2D eigenvalue weighted by Crippen LogP contribution is -2.39. The van der Waals surface area contributed by atoms with E-state index in [1.165, 1.54) is 7.05 Å². The topological polar surface area (TPSA) is 79.5 Å². The van der Waals surface area contributed by atoms with Crippen molar-refractivity contribution in [1.82, 2.24) is 5.32 Å². The molecule has 0 aliphatic heterocycles. The van der Waals surface area contributed by atoms with Gasteiger partial charge in [-0.1, -0.05) is 11.6 Å². The Morgan fingerprint density at radius 3 is 2.47 bits per heavy atom. The van der Waals surface area contributed by atoms with Crippen LogP contribution in [0.4, 0.5) is 10.5 Å². The number of aliphatic imine (C=N–C) groups is 1. The molecule has 5 nitrogen and oxygen atoms in total. The first kappa shape index (κ1) is 11.3. The number of primary amides is 1. The zero-order valence-corrected chi connectivity index (χ0v) is 8.88. The second kappa shape index (κ2) is 5.21. The summed E-state index contributed by atoms with van der Waals surface area (Å²) >= 11 is 5.72. The summed E-state index contributed by atoms with van der Waals surface area (Å²) in [7, 11) is 1.54. The zero-order valence-electron chi connectivity index (χ0n) is 8.12. The lowest BCUT2D eigenvalue weighted by molar-refractivity contribution is 0.253. The van der Waals surface area contributed by atoms with Crippen LogP contribution in [-0.2, 0) is 0 Å². The number of hydrogen-bond donors (Lipinski definition) is 3. The molecule has 0 aliphatic carbocycles. The first-order valence-corrected chi connectivity index (χ1v) is 4.55. The van der Waals surface area contributed by atoms with E-state index in [0.29, 0.717) is 5.02 Å². The summed E-state index contributed by atoms with van der Waals surface area (Å²) in [5.41, 5.74) is 5.71. The number of halogens is 1. The van der Waals surface area contributed by atoms with E-state index in [1.807, 2.05) is 0 Å². The van der Waals surface area contributed by atoms with Crippen LogP contribution in [0.15, 0.2) is 29.3 Å². The number of nitrogens with one attached hydrogen (secondary N) is 2. The summed E-state index contributed by atoms with van der Waals surface area (Å²) in [5.74, 6) is 0.282. The Morgan fingerprint density at radius 2 is 2.00 bits per heavy atom. The highest BCUT2D eigenvalue weighted by molar-refractivity contribution is 6.30. The van der Waals surface area contributed by atoms with Crippen LogP contribution < -0.4 is 16.4 Å². The minimum Gasteiger partial charge on any atom is -0.351 e. The number of hydrogen-bond acceptors (Lipinski definition) is 2. The highest BCUT2D eigenvalue weighted by atomic mass is 35.5. The summed E-state index contributed by atoms with van der Waals surface area (Å²) in [4.78, 5) is 14.4. The largest absolute Gasteiger partial charge is 0.351 e. The van der Waals surface area contributed by atoms with Crippen LogP contribution in [0.1, 0.15) is 0 Å². The molecule has 0 aliphatic rings. The fourth-order valence-electron chi connectivity index (χ4n) is 0.930. The number of amides is 2. The molecule has 2 amide bonds. The molecule has 0 fully saturated rings. The van der Waals surface area contributed by atoms with Gasteiger partial charge in [-0.05, 0) is 24.3 Å². The Balaban J connectivity index is 2.67. The van der Waals surface area contributed by atoms with Crippen molar-refractivity contribution in [1.29, 1.82) is 0 Å². The van der Waals surface area contributed by atoms with Gasteiger partial charge in [0.2, 0.25) is 5.96 Å². The van der Waals surface area contributed by atoms with E-state index in [9.17, 15) is 4.79 Å². The van der Waals surface area contributed by atoms with Crippen molar-refractivity contribution in [2.75, 3.05) is 12.4 Å². The lowest BCUT2D eigenvalue weighted by atomic mass is 10.3. The Morgan fingerprint density at radius 1 is 1.40 bits per heavy atom. The minimum atomic E-state index is -0.669. The van der Waals surface area contributed by atoms with E-state index in [-0.39, 0.29) is 5.96 Å². The van der Waals surface area contributed by atoms with E-state index in [2.05, 4.69) is 15.6 Å². The molecule has 0 atom stereocenters. The third-order valence-corrected chi connectivity index (χ3v) is 1.82. The molecule has 1 aromatic rings. The molecule has 0 aromatic heterocycles. The number of anilines is 1. The average Bonchev–Trinajstić information content (AvgIpc) is 2.19. The molecule has 0 spiro atoms. The number of urea groups is 1. The molecule has 0 heterocycles. The number of nitrogens with two attached hydrogens (primary N) is 1. The SMILES string of the molecule is CN=C(NC(N)=O)Nc1ccc(Cl)cc1. The molecule has 6 heteroatoms. The summed E-state index contributed by atoms with van der Waals surface area (Å²) in [5, 5.41) is 5.84. The van der Waals surface area contributed by atoms with Crippen molar-refractivity contribution in [2.45, 2.75) is 0 Å². The number of benzene rings is 1. The first-order valence-electron chi connectivity index (χ1n) is 4.17. The number of nitrogens with zero attached hydrogens (tertiary/aromatic N) is 1. The van der Waals surface area contributed by atoms with Gasteiger partial charge in [0.25, 0.3) is 0 Å². The van der Waals surface area contributed by atoms with Gasteiger partial charge in [-0.25, -0.2) is 4.79 Å². The molecule has 0 saturated carbocycles. The Labute approximate surface area is 92.3 Å². The standard InChI is InChI=1S/C9H11ClN4O/c1-12-9(14-8(11)15)13-7-4-2-6(10)3-5-7/h2-5H,1H3,(H4,11,12,13,14,15). The maximum absolute atomic E-state index is 10.6. The quantitative estimate of drug-likeness (QED) is 0.500. The summed E-state index contributed by atoms with van der Waals surface area (Å²) < 4.78 is 0. The fraction of sp³-hybridized carbons (Fsp3) is 0.111. The van der Waals surface area contributed by atoms with Crippen LogP contribution in [0, 0.1) is 0 Å². The van der Waals surface area contributed by atoms with E-state index in [4.69, 9.17) is 17.3 Å². The van der Waals surface area contributed by atoms with Crippen molar-refractivity contribution in [3.63, 3.8) is 0 Å². The molecular formula is C9H11ClN4O. The molecular weight excluding hydrogens is 216 g/mol.